The summed E-state index contributed by atoms with van der Waals surface area (Å²) < 4.78 is 0.865. The summed E-state index contributed by atoms with van der Waals surface area (Å²) in [5.41, 5.74) is 5.12. The molecule has 0 atom stereocenters. The van der Waals surface area contributed by atoms with Gasteiger partial charge in [-0.25, -0.2) is 0 Å². The van der Waals surface area contributed by atoms with Crippen LogP contribution in [0.2, 0.25) is 0 Å². The molecule has 0 N–H and O–H groups in total. The number of benzene rings is 1. The molecule has 0 spiro atoms. The van der Waals surface area contributed by atoms with Crippen LogP contribution in [-0.4, -0.2) is 4.98 Å². The molecule has 1 heterocycles. The van der Waals surface area contributed by atoms with Gasteiger partial charge in [-0.2, -0.15) is 0 Å². The molecule has 1 aromatic heterocycles. The molecule has 6 heteroatoms. The molecule has 1 nitrogen and oxygen atoms in total. The van der Waals surface area contributed by atoms with Gasteiger partial charge in [0, 0.05) is 4.60 Å². The Kier molecular flexibility index (Phi) is 10.1. The van der Waals surface area contributed by atoms with Crippen LogP contribution in [0.3, 0.4) is 0 Å². The predicted octanol–water partition coefficient (Wildman–Crippen LogP) is -5.78. The summed E-state index contributed by atoms with van der Waals surface area (Å²) in [6, 6.07) is 10.5. The van der Waals surface area contributed by atoms with Gasteiger partial charge >= 0.3 is 26.2 Å². The summed E-state index contributed by atoms with van der Waals surface area (Å²) in [6.07, 6.45) is 4.08. The molecule has 0 saturated carbocycles. The van der Waals surface area contributed by atoms with Gasteiger partial charge in [0.05, 0.1) is 0 Å². The van der Waals surface area contributed by atoms with Gasteiger partial charge in [0.1, 0.15) is 0 Å². The Morgan fingerprint density at radius 3 is 2.44 bits per heavy atom. The van der Waals surface area contributed by atoms with Gasteiger partial charge in [-0.05, 0) is 12.6 Å². The minimum atomic E-state index is 0. The zero-order chi connectivity index (χ0) is 9.54. The van der Waals surface area contributed by atoms with E-state index in [-0.39, 0.29) is 63.4 Å². The van der Waals surface area contributed by atoms with Crippen LogP contribution >= 0.6 is 15.9 Å². The Morgan fingerprint density at radius 2 is 1.72 bits per heavy atom. The van der Waals surface area contributed by atoms with E-state index in [1.807, 2.05) is 0 Å². The Balaban J connectivity index is 0. The van der Waals surface area contributed by atoms with Crippen molar-refractivity contribution in [2.24, 2.45) is 0 Å². The molecule has 0 amide bonds. The van der Waals surface area contributed by atoms with E-state index < -0.39 is 0 Å². The van der Waals surface area contributed by atoms with E-state index in [0.29, 0.717) is 0 Å². The zero-order valence-electron chi connectivity index (χ0n) is 9.05. The van der Waals surface area contributed by atoms with Crippen LogP contribution in [0.5, 0.6) is 0 Å². The number of hydrogen-bond acceptors (Lipinski definition) is 1. The summed E-state index contributed by atoms with van der Waals surface area (Å²) in [5, 5.41) is 0. The second-order valence-electron chi connectivity index (χ2n) is 3.42. The van der Waals surface area contributed by atoms with E-state index >= 15 is 0 Å². The summed E-state index contributed by atoms with van der Waals surface area (Å²) in [7, 11) is 0. The van der Waals surface area contributed by atoms with Gasteiger partial charge in [0.15, 0.2) is 0 Å². The first kappa shape index (κ1) is 20.9. The van der Waals surface area contributed by atoms with Crippen molar-refractivity contribution >= 4 is 15.9 Å². The van der Waals surface area contributed by atoms with E-state index in [1.165, 1.54) is 16.7 Å². The van der Waals surface area contributed by atoms with Gasteiger partial charge in [-0.1, -0.05) is 51.3 Å². The molecule has 2 aromatic rings. The van der Waals surface area contributed by atoms with Crippen LogP contribution in [0.4, 0.5) is 0 Å². The van der Waals surface area contributed by atoms with Crippen molar-refractivity contribution in [3.63, 3.8) is 0 Å². The topological polar surface area (TPSA) is 12.9 Å². The molecule has 0 unspecified atom stereocenters. The average molecular weight is 443 g/mol. The fraction of sp³-hybridized carbons (Fsp3) is 0.0833. The normalized spacial score (nSPS) is 9.61. The summed E-state index contributed by atoms with van der Waals surface area (Å²) in [4.78, 5) is 4.14. The van der Waals surface area contributed by atoms with Crippen molar-refractivity contribution in [1.29, 1.82) is 0 Å². The summed E-state index contributed by atoms with van der Waals surface area (Å²) in [5.74, 6) is 0. The number of fused-ring (bicyclic) bond motifs is 3. The van der Waals surface area contributed by atoms with Crippen molar-refractivity contribution < 1.29 is 63.4 Å². The van der Waals surface area contributed by atoms with E-state index in [2.05, 4.69) is 57.4 Å². The van der Waals surface area contributed by atoms with Crippen molar-refractivity contribution in [3.05, 3.63) is 52.3 Å². The number of rotatable bonds is 0. The van der Waals surface area contributed by atoms with Crippen LogP contribution in [0.15, 0.2) is 34.9 Å². The second-order valence-corrected chi connectivity index (χ2v) is 4.24. The van der Waals surface area contributed by atoms with Crippen LogP contribution in [0.25, 0.3) is 11.1 Å². The third kappa shape index (κ3) is 3.80. The first-order valence-electron chi connectivity index (χ1n) is 4.50. The van der Waals surface area contributed by atoms with E-state index in [1.54, 1.807) is 0 Å². The number of aromatic nitrogens is 1. The summed E-state index contributed by atoms with van der Waals surface area (Å²) >= 11 is 3.37. The number of nitrogens with zero attached hydrogens (tertiary/aromatic N) is 1. The maximum atomic E-state index is 4.14. The van der Waals surface area contributed by atoms with E-state index in [4.69, 9.17) is 0 Å². The van der Waals surface area contributed by atoms with Gasteiger partial charge in [-0.15, -0.1) is 17.2 Å². The Morgan fingerprint density at radius 1 is 1.06 bits per heavy atom. The van der Waals surface area contributed by atoms with Gasteiger partial charge < -0.3 is 42.2 Å². The molecular weight excluding hydrogens is 436 g/mol. The van der Waals surface area contributed by atoms with Crippen LogP contribution in [0, 0.1) is 6.20 Å². The molecular formula is C12H7BrCl3NZr. The second kappa shape index (κ2) is 8.71. The molecule has 92 valence electrons. The molecule has 18 heavy (non-hydrogen) atoms. The third-order valence-electron chi connectivity index (χ3n) is 2.56. The molecule has 0 fully saturated rings. The maximum absolute atomic E-state index is 4.14. The largest absolute Gasteiger partial charge is 4.00 e. The minimum Gasteiger partial charge on any atom is -1.00 e. The first-order chi connectivity index (χ1) is 6.84. The molecule has 0 bridgehead atoms. The third-order valence-corrected chi connectivity index (χ3v) is 2.96. The van der Waals surface area contributed by atoms with Crippen molar-refractivity contribution in [2.75, 3.05) is 0 Å². The van der Waals surface area contributed by atoms with E-state index in [0.717, 1.165) is 16.6 Å². The Bertz CT molecular complexity index is 522. The monoisotopic (exact) mass is 439 g/mol. The average Bonchev–Trinajstić information content (AvgIpc) is 2.54. The Labute approximate surface area is 153 Å². The predicted molar refractivity (Wildman–Crippen MR) is 59.0 cm³/mol. The summed E-state index contributed by atoms with van der Waals surface area (Å²) in [6.45, 7) is 0. The SMILES string of the molecule is Brc1cc2c([c-]n1)-c1ccccc1C2.[Cl-].[Cl-].[Cl-].[Zr+4]. The van der Waals surface area contributed by atoms with Crippen LogP contribution in [-0.2, 0) is 32.6 Å². The van der Waals surface area contributed by atoms with Crippen molar-refractivity contribution in [1.82, 2.24) is 4.98 Å². The number of pyridine rings is 1. The minimum absolute atomic E-state index is 0. The number of halogens is 4. The van der Waals surface area contributed by atoms with Crippen LogP contribution < -0.4 is 37.2 Å². The molecule has 1 aliphatic carbocycles. The van der Waals surface area contributed by atoms with E-state index in [9.17, 15) is 0 Å². The van der Waals surface area contributed by atoms with Crippen LogP contribution in [0.1, 0.15) is 11.1 Å². The van der Waals surface area contributed by atoms with Gasteiger partial charge in [0.25, 0.3) is 0 Å². The smallest absolute Gasteiger partial charge is 1.00 e. The molecule has 1 aromatic carbocycles. The van der Waals surface area contributed by atoms with Crippen molar-refractivity contribution in [2.45, 2.75) is 6.42 Å². The van der Waals surface area contributed by atoms with Crippen molar-refractivity contribution in [3.8, 4) is 11.1 Å². The zero-order valence-corrected chi connectivity index (χ0v) is 15.4. The Hall–Kier alpha value is 0.603. The first-order valence-corrected chi connectivity index (χ1v) is 5.29. The number of hydrogen-bond donors (Lipinski definition) is 0. The fourth-order valence-electron chi connectivity index (χ4n) is 1.93. The molecule has 3 rings (SSSR count). The molecule has 0 radical (unpaired) electrons. The van der Waals surface area contributed by atoms with Gasteiger partial charge in [0.2, 0.25) is 0 Å². The maximum Gasteiger partial charge on any atom is 4.00 e. The molecule has 1 aliphatic rings. The molecule has 0 saturated heterocycles. The van der Waals surface area contributed by atoms with Gasteiger partial charge in [-0.3, -0.25) is 0 Å². The quantitative estimate of drug-likeness (QED) is 0.250. The fourth-order valence-corrected chi connectivity index (χ4v) is 2.29. The standard InChI is InChI=1S/C12H7BrN.3ClH.Zr/c13-12-6-9-5-8-3-1-2-4-10(8)11(9)7-14-12;;;;/h1-4,6H,5H2;3*1H;/q-1;;;;+4/p-3. The molecule has 0 aliphatic heterocycles.